The Morgan fingerprint density at radius 1 is 1.70 bits per heavy atom. The van der Waals surface area contributed by atoms with E-state index in [2.05, 4.69) is 5.32 Å². The van der Waals surface area contributed by atoms with Crippen LogP contribution in [0, 0.1) is 0 Å². The van der Waals surface area contributed by atoms with E-state index in [0.29, 0.717) is 0 Å². The normalized spacial score (nSPS) is 34.2. The van der Waals surface area contributed by atoms with Crippen molar-refractivity contribution in [3.63, 3.8) is 0 Å². The standard InChI is InChI=1S/C6H11F2NO/c1-4(10)5-2-6(7,8)3-9-5/h4-5,9-10H,2-3H2,1H3/t4-,5-/m0/s1. The Bertz CT molecular complexity index is 127. The van der Waals surface area contributed by atoms with Gasteiger partial charge in [0.05, 0.1) is 12.6 Å². The fraction of sp³-hybridized carbons (Fsp3) is 1.00. The molecule has 1 saturated heterocycles. The molecule has 4 heteroatoms. The molecule has 0 aromatic heterocycles. The van der Waals surface area contributed by atoms with E-state index in [4.69, 9.17) is 5.11 Å². The maximum Gasteiger partial charge on any atom is 0.261 e. The van der Waals surface area contributed by atoms with Gasteiger partial charge >= 0.3 is 0 Å². The number of halogens is 2. The smallest absolute Gasteiger partial charge is 0.261 e. The van der Waals surface area contributed by atoms with Crippen LogP contribution in [0.15, 0.2) is 0 Å². The minimum Gasteiger partial charge on any atom is -0.392 e. The summed E-state index contributed by atoms with van der Waals surface area (Å²) in [5.41, 5.74) is 0. The lowest BCUT2D eigenvalue weighted by atomic mass is 10.1. The predicted octanol–water partition coefficient (Wildman–Crippen LogP) is 0.364. The molecule has 0 radical (unpaired) electrons. The molecule has 0 saturated carbocycles. The van der Waals surface area contributed by atoms with Crippen LogP contribution >= 0.6 is 0 Å². The summed E-state index contributed by atoms with van der Waals surface area (Å²) in [5, 5.41) is 11.4. The lowest BCUT2D eigenvalue weighted by Gasteiger charge is -2.12. The van der Waals surface area contributed by atoms with Crippen LogP contribution in [0.1, 0.15) is 13.3 Å². The zero-order chi connectivity index (χ0) is 7.78. The Labute approximate surface area is 58.2 Å². The summed E-state index contributed by atoms with van der Waals surface area (Å²) in [6.07, 6.45) is -0.932. The maximum absolute atomic E-state index is 12.4. The third kappa shape index (κ3) is 1.64. The molecule has 0 amide bonds. The highest BCUT2D eigenvalue weighted by Crippen LogP contribution is 2.26. The summed E-state index contributed by atoms with van der Waals surface area (Å²) in [6, 6.07) is -0.435. The molecular weight excluding hydrogens is 140 g/mol. The van der Waals surface area contributed by atoms with Crippen LogP contribution in [-0.2, 0) is 0 Å². The quantitative estimate of drug-likeness (QED) is 0.567. The van der Waals surface area contributed by atoms with Crippen molar-refractivity contribution in [1.82, 2.24) is 5.32 Å². The molecule has 1 aliphatic rings. The highest BCUT2D eigenvalue weighted by atomic mass is 19.3. The molecule has 10 heavy (non-hydrogen) atoms. The number of aliphatic hydroxyl groups is 1. The fourth-order valence-electron chi connectivity index (χ4n) is 1.09. The molecule has 60 valence electrons. The Morgan fingerprint density at radius 3 is 2.50 bits per heavy atom. The lowest BCUT2D eigenvalue weighted by molar-refractivity contribution is 0.0155. The van der Waals surface area contributed by atoms with Crippen molar-refractivity contribution in [3.05, 3.63) is 0 Å². The second-order valence-electron chi connectivity index (χ2n) is 2.79. The lowest BCUT2D eigenvalue weighted by Crippen LogP contribution is -2.32. The molecule has 1 fully saturated rings. The number of hydrogen-bond acceptors (Lipinski definition) is 2. The summed E-state index contributed by atoms with van der Waals surface area (Å²) in [4.78, 5) is 0. The zero-order valence-corrected chi connectivity index (χ0v) is 5.77. The first kappa shape index (κ1) is 7.88. The van der Waals surface area contributed by atoms with E-state index in [1.54, 1.807) is 0 Å². The molecule has 1 rings (SSSR count). The van der Waals surface area contributed by atoms with Gasteiger partial charge in [-0.25, -0.2) is 8.78 Å². The second kappa shape index (κ2) is 2.43. The first-order valence-electron chi connectivity index (χ1n) is 3.30. The van der Waals surface area contributed by atoms with Gasteiger partial charge in [0.1, 0.15) is 0 Å². The molecule has 0 unspecified atom stereocenters. The van der Waals surface area contributed by atoms with Crippen molar-refractivity contribution in [1.29, 1.82) is 0 Å². The number of aliphatic hydroxyl groups excluding tert-OH is 1. The molecule has 2 nitrogen and oxygen atoms in total. The monoisotopic (exact) mass is 151 g/mol. The van der Waals surface area contributed by atoms with Gasteiger partial charge < -0.3 is 10.4 Å². The number of nitrogens with one attached hydrogen (secondary N) is 1. The van der Waals surface area contributed by atoms with Crippen LogP contribution in [0.5, 0.6) is 0 Å². The Balaban J connectivity index is 2.43. The maximum atomic E-state index is 12.4. The summed E-state index contributed by atoms with van der Waals surface area (Å²) < 4.78 is 24.8. The average Bonchev–Trinajstić information content (AvgIpc) is 2.10. The van der Waals surface area contributed by atoms with Crippen LogP contribution in [0.3, 0.4) is 0 Å². The zero-order valence-electron chi connectivity index (χ0n) is 5.77. The van der Waals surface area contributed by atoms with Gasteiger partial charge in [-0.15, -0.1) is 0 Å². The molecule has 0 aliphatic carbocycles. The van der Waals surface area contributed by atoms with Gasteiger partial charge in [0.15, 0.2) is 0 Å². The van der Waals surface area contributed by atoms with Crippen LogP contribution in [-0.4, -0.2) is 29.7 Å². The van der Waals surface area contributed by atoms with E-state index < -0.39 is 18.1 Å². The molecule has 0 bridgehead atoms. The van der Waals surface area contributed by atoms with Gasteiger partial charge in [-0.3, -0.25) is 0 Å². The van der Waals surface area contributed by atoms with E-state index in [1.165, 1.54) is 6.92 Å². The van der Waals surface area contributed by atoms with Gasteiger partial charge in [-0.05, 0) is 6.92 Å². The molecular formula is C6H11F2NO. The van der Waals surface area contributed by atoms with Gasteiger partial charge in [-0.1, -0.05) is 0 Å². The van der Waals surface area contributed by atoms with Crippen molar-refractivity contribution in [2.45, 2.75) is 31.4 Å². The van der Waals surface area contributed by atoms with Crippen LogP contribution in [0.25, 0.3) is 0 Å². The van der Waals surface area contributed by atoms with E-state index in [9.17, 15) is 8.78 Å². The minimum absolute atomic E-state index is 0.245. The molecule has 0 spiro atoms. The topological polar surface area (TPSA) is 32.3 Å². The van der Waals surface area contributed by atoms with E-state index in [-0.39, 0.29) is 13.0 Å². The summed E-state index contributed by atoms with van der Waals surface area (Å²) in [6.45, 7) is 1.21. The van der Waals surface area contributed by atoms with Crippen molar-refractivity contribution in [3.8, 4) is 0 Å². The third-order valence-electron chi connectivity index (χ3n) is 1.72. The van der Waals surface area contributed by atoms with E-state index in [0.717, 1.165) is 0 Å². The van der Waals surface area contributed by atoms with Crippen LogP contribution < -0.4 is 5.32 Å². The van der Waals surface area contributed by atoms with Gasteiger partial charge in [0.25, 0.3) is 5.92 Å². The SMILES string of the molecule is C[C@H](O)[C@@H]1CC(F)(F)CN1. The Hall–Kier alpha value is -0.220. The van der Waals surface area contributed by atoms with Crippen molar-refractivity contribution in [2.24, 2.45) is 0 Å². The third-order valence-corrected chi connectivity index (χ3v) is 1.72. The highest BCUT2D eigenvalue weighted by Gasteiger charge is 2.40. The molecule has 2 N–H and O–H groups in total. The van der Waals surface area contributed by atoms with Gasteiger partial charge in [0.2, 0.25) is 0 Å². The number of rotatable bonds is 1. The Morgan fingerprint density at radius 2 is 2.30 bits per heavy atom. The first-order chi connectivity index (χ1) is 4.51. The summed E-state index contributed by atoms with van der Waals surface area (Å²) in [7, 11) is 0. The largest absolute Gasteiger partial charge is 0.392 e. The molecule has 0 aromatic carbocycles. The average molecular weight is 151 g/mol. The van der Waals surface area contributed by atoms with E-state index in [1.807, 2.05) is 0 Å². The Kier molecular flexibility index (Phi) is 1.92. The van der Waals surface area contributed by atoms with E-state index >= 15 is 0 Å². The van der Waals surface area contributed by atoms with Crippen molar-refractivity contribution in [2.75, 3.05) is 6.54 Å². The first-order valence-corrected chi connectivity index (χ1v) is 3.30. The summed E-state index contributed by atoms with van der Waals surface area (Å²) in [5.74, 6) is -2.62. The highest BCUT2D eigenvalue weighted by molar-refractivity contribution is 4.89. The number of hydrogen-bond donors (Lipinski definition) is 2. The summed E-state index contributed by atoms with van der Waals surface area (Å²) >= 11 is 0. The van der Waals surface area contributed by atoms with Crippen molar-refractivity contribution < 1.29 is 13.9 Å². The molecule has 1 heterocycles. The second-order valence-corrected chi connectivity index (χ2v) is 2.79. The molecule has 1 aliphatic heterocycles. The molecule has 0 aromatic rings. The minimum atomic E-state index is -2.62. The van der Waals surface area contributed by atoms with Gasteiger partial charge in [0, 0.05) is 12.5 Å². The van der Waals surface area contributed by atoms with Crippen LogP contribution in [0.2, 0.25) is 0 Å². The predicted molar refractivity (Wildman–Crippen MR) is 33.0 cm³/mol. The fourth-order valence-corrected chi connectivity index (χ4v) is 1.09. The van der Waals surface area contributed by atoms with Crippen molar-refractivity contribution >= 4 is 0 Å². The number of alkyl halides is 2. The van der Waals surface area contributed by atoms with Crippen LogP contribution in [0.4, 0.5) is 8.78 Å². The van der Waals surface area contributed by atoms with Gasteiger partial charge in [-0.2, -0.15) is 0 Å². The molecule has 2 atom stereocenters.